The normalized spacial score (nSPS) is 12.5. The van der Waals surface area contributed by atoms with Crippen molar-refractivity contribution in [1.29, 1.82) is 0 Å². The van der Waals surface area contributed by atoms with Crippen molar-refractivity contribution in [2.75, 3.05) is 11.9 Å². The maximum atomic E-state index is 12.5. The second kappa shape index (κ2) is 6.39. The van der Waals surface area contributed by atoms with Crippen LogP contribution in [0.25, 0.3) is 11.1 Å². The number of aromatic nitrogens is 3. The van der Waals surface area contributed by atoms with Crippen molar-refractivity contribution in [3.8, 4) is 16.9 Å². The van der Waals surface area contributed by atoms with Gasteiger partial charge in [-0.05, 0) is 36.2 Å². The van der Waals surface area contributed by atoms with Crippen LogP contribution in [0.2, 0.25) is 0 Å². The van der Waals surface area contributed by atoms with Crippen molar-refractivity contribution >= 4 is 11.6 Å². The highest BCUT2D eigenvalue weighted by Gasteiger charge is 2.14. The molecule has 6 heteroatoms. The number of carbonyl (C=O) groups is 1. The first-order valence-corrected chi connectivity index (χ1v) is 8.28. The maximum Gasteiger partial charge on any atom is 0.257 e. The predicted molar refractivity (Wildman–Crippen MR) is 94.7 cm³/mol. The van der Waals surface area contributed by atoms with Gasteiger partial charge in [-0.15, -0.1) is 0 Å². The van der Waals surface area contributed by atoms with Gasteiger partial charge in [0, 0.05) is 37.1 Å². The summed E-state index contributed by atoms with van der Waals surface area (Å²) in [5.41, 5.74) is 4.32. The molecule has 0 bridgehead atoms. The van der Waals surface area contributed by atoms with Crippen LogP contribution in [-0.2, 0) is 13.0 Å². The standard InChI is InChI=1S/C19H18N4O2/c1-2-23-12-17(11-21-23)22-19(24)16-8-15(9-20-10-16)13-3-4-18-14(7-13)5-6-25-18/h3-4,7-12H,2,5-6H2,1H3,(H,22,24). The topological polar surface area (TPSA) is 69.0 Å². The minimum Gasteiger partial charge on any atom is -0.493 e. The molecule has 1 aromatic carbocycles. The second-order valence-electron chi connectivity index (χ2n) is 5.92. The summed E-state index contributed by atoms with van der Waals surface area (Å²) in [6.45, 7) is 3.48. The van der Waals surface area contributed by atoms with E-state index in [-0.39, 0.29) is 5.91 Å². The van der Waals surface area contributed by atoms with Crippen molar-refractivity contribution in [2.24, 2.45) is 0 Å². The van der Waals surface area contributed by atoms with E-state index in [9.17, 15) is 4.79 Å². The summed E-state index contributed by atoms with van der Waals surface area (Å²) in [7, 11) is 0. The van der Waals surface area contributed by atoms with E-state index < -0.39 is 0 Å². The summed E-state index contributed by atoms with van der Waals surface area (Å²) in [4.78, 5) is 16.7. The van der Waals surface area contributed by atoms with Gasteiger partial charge in [0.25, 0.3) is 5.91 Å². The van der Waals surface area contributed by atoms with Crippen molar-refractivity contribution in [2.45, 2.75) is 19.9 Å². The van der Waals surface area contributed by atoms with Gasteiger partial charge in [0.2, 0.25) is 0 Å². The van der Waals surface area contributed by atoms with Gasteiger partial charge in [-0.25, -0.2) is 0 Å². The zero-order valence-corrected chi connectivity index (χ0v) is 13.9. The number of nitrogens with zero attached hydrogens (tertiary/aromatic N) is 3. The van der Waals surface area contributed by atoms with E-state index in [0.717, 1.165) is 36.4 Å². The van der Waals surface area contributed by atoms with Crippen LogP contribution < -0.4 is 10.1 Å². The molecule has 3 heterocycles. The monoisotopic (exact) mass is 334 g/mol. The number of rotatable bonds is 4. The summed E-state index contributed by atoms with van der Waals surface area (Å²) in [6.07, 6.45) is 7.69. The first-order valence-electron chi connectivity index (χ1n) is 8.28. The number of amides is 1. The van der Waals surface area contributed by atoms with Gasteiger partial charge in [-0.2, -0.15) is 5.10 Å². The molecule has 0 saturated carbocycles. The number of hydrogen-bond donors (Lipinski definition) is 1. The third-order valence-corrected chi connectivity index (χ3v) is 4.24. The molecule has 2 aromatic heterocycles. The van der Waals surface area contributed by atoms with Crippen LogP contribution in [0.15, 0.2) is 49.1 Å². The minimum absolute atomic E-state index is 0.200. The maximum absolute atomic E-state index is 12.5. The third kappa shape index (κ3) is 3.10. The highest BCUT2D eigenvalue weighted by molar-refractivity contribution is 6.04. The molecule has 0 saturated heterocycles. The molecule has 0 radical (unpaired) electrons. The van der Waals surface area contributed by atoms with E-state index in [2.05, 4.69) is 21.5 Å². The van der Waals surface area contributed by atoms with Gasteiger partial charge < -0.3 is 10.1 Å². The van der Waals surface area contributed by atoms with Crippen LogP contribution in [0.4, 0.5) is 5.69 Å². The summed E-state index contributed by atoms with van der Waals surface area (Å²) in [5, 5.41) is 7.01. The molecule has 0 unspecified atom stereocenters. The van der Waals surface area contributed by atoms with E-state index in [1.807, 2.05) is 25.1 Å². The van der Waals surface area contributed by atoms with Crippen LogP contribution in [0.1, 0.15) is 22.8 Å². The molecule has 0 spiro atoms. The molecule has 4 rings (SSSR count). The first-order chi connectivity index (χ1) is 12.2. The molecule has 1 aliphatic heterocycles. The lowest BCUT2D eigenvalue weighted by Crippen LogP contribution is -2.11. The zero-order valence-electron chi connectivity index (χ0n) is 13.9. The van der Waals surface area contributed by atoms with Crippen LogP contribution in [0.5, 0.6) is 5.75 Å². The fourth-order valence-corrected chi connectivity index (χ4v) is 2.89. The number of aryl methyl sites for hydroxylation is 1. The summed E-state index contributed by atoms with van der Waals surface area (Å²) >= 11 is 0. The molecule has 0 atom stereocenters. The number of fused-ring (bicyclic) bond motifs is 1. The summed E-state index contributed by atoms with van der Waals surface area (Å²) in [6, 6.07) is 7.92. The van der Waals surface area contributed by atoms with Crippen molar-refractivity contribution in [1.82, 2.24) is 14.8 Å². The minimum atomic E-state index is -0.200. The Morgan fingerprint density at radius 2 is 2.16 bits per heavy atom. The quantitative estimate of drug-likeness (QED) is 0.796. The summed E-state index contributed by atoms with van der Waals surface area (Å²) < 4.78 is 7.30. The summed E-state index contributed by atoms with van der Waals surface area (Å²) in [5.74, 6) is 0.744. The Hall–Kier alpha value is -3.15. The largest absolute Gasteiger partial charge is 0.493 e. The molecule has 0 aliphatic carbocycles. The molecular weight excluding hydrogens is 316 g/mol. The molecule has 1 N–H and O–H groups in total. The Morgan fingerprint density at radius 1 is 1.24 bits per heavy atom. The first kappa shape index (κ1) is 15.4. The number of ether oxygens (including phenoxy) is 1. The van der Waals surface area contributed by atoms with E-state index in [1.54, 1.807) is 29.5 Å². The average Bonchev–Trinajstić information content (AvgIpc) is 3.30. The molecule has 1 aliphatic rings. The van der Waals surface area contributed by atoms with Crippen LogP contribution in [0.3, 0.4) is 0 Å². The van der Waals surface area contributed by atoms with Gasteiger partial charge in [0.1, 0.15) is 5.75 Å². The highest BCUT2D eigenvalue weighted by atomic mass is 16.5. The van der Waals surface area contributed by atoms with Crippen molar-refractivity contribution in [3.05, 3.63) is 60.2 Å². The van der Waals surface area contributed by atoms with Gasteiger partial charge in [-0.3, -0.25) is 14.5 Å². The van der Waals surface area contributed by atoms with Gasteiger partial charge in [-0.1, -0.05) is 6.07 Å². The Bertz CT molecular complexity index is 933. The highest BCUT2D eigenvalue weighted by Crippen LogP contribution is 2.30. The van der Waals surface area contributed by atoms with Gasteiger partial charge in [0.05, 0.1) is 24.1 Å². The Kier molecular flexibility index (Phi) is 3.93. The van der Waals surface area contributed by atoms with Gasteiger partial charge in [0.15, 0.2) is 0 Å². The zero-order chi connectivity index (χ0) is 17.2. The molecule has 6 nitrogen and oxygen atoms in total. The Labute approximate surface area is 145 Å². The Morgan fingerprint density at radius 3 is 3.00 bits per heavy atom. The average molecular weight is 334 g/mol. The lowest BCUT2D eigenvalue weighted by molar-refractivity contribution is 0.102. The third-order valence-electron chi connectivity index (χ3n) is 4.24. The van der Waals surface area contributed by atoms with Gasteiger partial charge >= 0.3 is 0 Å². The molecule has 0 fully saturated rings. The molecule has 25 heavy (non-hydrogen) atoms. The van der Waals surface area contributed by atoms with Crippen LogP contribution >= 0.6 is 0 Å². The fraction of sp³-hybridized carbons (Fsp3) is 0.211. The van der Waals surface area contributed by atoms with E-state index >= 15 is 0 Å². The van der Waals surface area contributed by atoms with Crippen LogP contribution in [0, 0.1) is 0 Å². The second-order valence-corrected chi connectivity index (χ2v) is 5.92. The van der Waals surface area contributed by atoms with E-state index in [1.165, 1.54) is 5.56 Å². The fourth-order valence-electron chi connectivity index (χ4n) is 2.89. The lowest BCUT2D eigenvalue weighted by Gasteiger charge is -2.07. The Balaban J connectivity index is 1.57. The van der Waals surface area contributed by atoms with E-state index in [0.29, 0.717) is 11.3 Å². The molecule has 1 amide bonds. The molecule has 126 valence electrons. The van der Waals surface area contributed by atoms with E-state index in [4.69, 9.17) is 4.74 Å². The number of nitrogens with one attached hydrogen (secondary N) is 1. The number of hydrogen-bond acceptors (Lipinski definition) is 4. The number of carbonyl (C=O) groups excluding carboxylic acids is 1. The number of anilines is 1. The number of pyridine rings is 1. The smallest absolute Gasteiger partial charge is 0.257 e. The molecule has 3 aromatic rings. The SMILES string of the molecule is CCn1cc(NC(=O)c2cncc(-c3ccc4c(c3)CCO4)c2)cn1. The predicted octanol–water partition coefficient (Wildman–Crippen LogP) is 3.15. The van der Waals surface area contributed by atoms with Crippen molar-refractivity contribution < 1.29 is 9.53 Å². The van der Waals surface area contributed by atoms with Crippen molar-refractivity contribution in [3.63, 3.8) is 0 Å². The van der Waals surface area contributed by atoms with Crippen LogP contribution in [-0.4, -0.2) is 27.3 Å². The number of benzene rings is 1. The lowest BCUT2D eigenvalue weighted by atomic mass is 10.0. The molecular formula is C19H18N4O2.